The molecule has 2 nitrogen and oxygen atoms in total. The lowest BCUT2D eigenvalue weighted by Gasteiger charge is -2.06. The summed E-state index contributed by atoms with van der Waals surface area (Å²) in [6, 6.07) is 0. The smallest absolute Gasteiger partial charge is 0.166 e. The first kappa shape index (κ1) is 13.0. The van der Waals surface area contributed by atoms with E-state index in [4.69, 9.17) is 12.2 Å². The second-order valence-corrected chi connectivity index (χ2v) is 4.31. The Kier molecular flexibility index (Phi) is 10.2. The van der Waals surface area contributed by atoms with E-state index in [1.54, 1.807) is 0 Å². The fraction of sp³-hybridized carbons (Fsp3) is 0.889. The monoisotopic (exact) mass is 220 g/mol. The number of hydrogen-bond acceptors (Lipinski definition) is 2. The topological polar surface area (TPSA) is 24.1 Å². The second kappa shape index (κ2) is 10.1. The first-order valence-corrected chi connectivity index (χ1v) is 6.56. The van der Waals surface area contributed by atoms with Gasteiger partial charge in [-0.2, -0.15) is 11.8 Å². The molecule has 0 aromatic carbocycles. The molecule has 0 saturated carbocycles. The highest BCUT2D eigenvalue weighted by atomic mass is 32.2. The van der Waals surface area contributed by atoms with Gasteiger partial charge in [-0.15, -0.1) is 0 Å². The molecule has 0 aromatic rings. The highest BCUT2D eigenvalue weighted by molar-refractivity contribution is 7.98. The molecule has 4 heteroatoms. The predicted octanol–water partition coefficient (Wildman–Crippen LogP) is 2.00. The molecule has 0 fully saturated rings. The average molecular weight is 220 g/mol. The third kappa shape index (κ3) is 9.96. The van der Waals surface area contributed by atoms with Gasteiger partial charge in [0.05, 0.1) is 0 Å². The van der Waals surface area contributed by atoms with Crippen LogP contribution in [-0.2, 0) is 0 Å². The molecule has 2 N–H and O–H groups in total. The Morgan fingerprint density at radius 2 is 1.92 bits per heavy atom. The van der Waals surface area contributed by atoms with Crippen LogP contribution in [-0.4, -0.2) is 30.7 Å². The third-order valence-corrected chi connectivity index (χ3v) is 2.83. The van der Waals surface area contributed by atoms with Gasteiger partial charge in [0.25, 0.3) is 0 Å². The maximum Gasteiger partial charge on any atom is 0.166 e. The van der Waals surface area contributed by atoms with E-state index in [2.05, 4.69) is 16.9 Å². The molecule has 0 heterocycles. The third-order valence-electron chi connectivity index (χ3n) is 1.79. The molecule has 0 aliphatic heterocycles. The summed E-state index contributed by atoms with van der Waals surface area (Å²) in [7, 11) is 1.84. The quantitative estimate of drug-likeness (QED) is 0.506. The molecule has 0 aromatic heterocycles. The lowest BCUT2D eigenvalue weighted by Crippen LogP contribution is -2.32. The van der Waals surface area contributed by atoms with Crippen LogP contribution < -0.4 is 10.6 Å². The summed E-state index contributed by atoms with van der Waals surface area (Å²) in [5.74, 6) is 1.29. The van der Waals surface area contributed by atoms with Gasteiger partial charge in [-0.3, -0.25) is 0 Å². The zero-order valence-electron chi connectivity index (χ0n) is 8.56. The fourth-order valence-electron chi connectivity index (χ4n) is 1.02. The number of thiocarbonyl (C=S) groups is 1. The molecule has 78 valence electrons. The minimum absolute atomic E-state index is 0.754. The number of thioether (sulfide) groups is 1. The van der Waals surface area contributed by atoms with Crippen LogP contribution in [0.5, 0.6) is 0 Å². The Labute approximate surface area is 91.2 Å². The highest BCUT2D eigenvalue weighted by Gasteiger charge is 1.91. The number of unbranched alkanes of at least 4 members (excludes halogenated alkanes) is 3. The summed E-state index contributed by atoms with van der Waals surface area (Å²) in [4.78, 5) is 0. The number of rotatable bonds is 7. The van der Waals surface area contributed by atoms with Crippen molar-refractivity contribution in [3.05, 3.63) is 0 Å². The minimum atomic E-state index is 0.754. The maximum atomic E-state index is 4.95. The zero-order valence-corrected chi connectivity index (χ0v) is 10.2. The first-order valence-electron chi connectivity index (χ1n) is 4.75. The Balaban J connectivity index is 2.95. The van der Waals surface area contributed by atoms with E-state index in [1.165, 1.54) is 31.4 Å². The van der Waals surface area contributed by atoms with Gasteiger partial charge in [-0.1, -0.05) is 12.8 Å². The van der Waals surface area contributed by atoms with Gasteiger partial charge in [0.2, 0.25) is 0 Å². The summed E-state index contributed by atoms with van der Waals surface area (Å²) in [5.41, 5.74) is 0. The van der Waals surface area contributed by atoms with Gasteiger partial charge in [0.1, 0.15) is 0 Å². The molecule has 0 radical (unpaired) electrons. The van der Waals surface area contributed by atoms with Crippen molar-refractivity contribution in [2.75, 3.05) is 25.6 Å². The van der Waals surface area contributed by atoms with Crippen molar-refractivity contribution in [2.24, 2.45) is 0 Å². The van der Waals surface area contributed by atoms with Crippen LogP contribution in [0.1, 0.15) is 25.7 Å². The molecule has 0 amide bonds. The maximum absolute atomic E-state index is 4.95. The summed E-state index contributed by atoms with van der Waals surface area (Å²) >= 11 is 6.88. The van der Waals surface area contributed by atoms with Crippen LogP contribution in [0.15, 0.2) is 0 Å². The summed E-state index contributed by atoms with van der Waals surface area (Å²) in [6.07, 6.45) is 7.37. The van der Waals surface area contributed by atoms with Crippen LogP contribution in [0.3, 0.4) is 0 Å². The van der Waals surface area contributed by atoms with Gasteiger partial charge < -0.3 is 10.6 Å². The normalized spacial score (nSPS) is 9.69. The Morgan fingerprint density at radius 1 is 1.23 bits per heavy atom. The average Bonchev–Trinajstić information content (AvgIpc) is 2.16. The van der Waals surface area contributed by atoms with E-state index in [9.17, 15) is 0 Å². The summed E-state index contributed by atoms with van der Waals surface area (Å²) in [6.45, 7) is 0.999. The van der Waals surface area contributed by atoms with E-state index in [1.807, 2.05) is 18.8 Å². The number of nitrogens with one attached hydrogen (secondary N) is 2. The Bertz CT molecular complexity index is 129. The summed E-state index contributed by atoms with van der Waals surface area (Å²) < 4.78 is 0. The van der Waals surface area contributed by atoms with Crippen molar-refractivity contribution in [1.82, 2.24) is 10.6 Å². The largest absolute Gasteiger partial charge is 0.366 e. The first-order chi connectivity index (χ1) is 6.31. The van der Waals surface area contributed by atoms with Crippen LogP contribution in [0.4, 0.5) is 0 Å². The standard InChI is InChI=1S/C9H20N2S2/c1-10-9(12)11-7-5-3-4-6-8-13-2/h3-8H2,1-2H3,(H2,10,11,12). The van der Waals surface area contributed by atoms with Crippen molar-refractivity contribution >= 4 is 29.1 Å². The van der Waals surface area contributed by atoms with Crippen molar-refractivity contribution in [2.45, 2.75) is 25.7 Å². The van der Waals surface area contributed by atoms with Crippen molar-refractivity contribution < 1.29 is 0 Å². The molecule has 0 spiro atoms. The minimum Gasteiger partial charge on any atom is -0.366 e. The molecule has 0 aliphatic carbocycles. The van der Waals surface area contributed by atoms with Gasteiger partial charge in [0, 0.05) is 13.6 Å². The molecule has 0 unspecified atom stereocenters. The molecule has 0 bridgehead atoms. The molecule has 13 heavy (non-hydrogen) atoms. The molecular weight excluding hydrogens is 200 g/mol. The van der Waals surface area contributed by atoms with Gasteiger partial charge in [-0.05, 0) is 37.1 Å². The molecule has 0 saturated heterocycles. The van der Waals surface area contributed by atoms with E-state index in [0.717, 1.165) is 11.7 Å². The Hall–Kier alpha value is 0.0400. The zero-order chi connectivity index (χ0) is 9.94. The fourth-order valence-corrected chi connectivity index (χ4v) is 1.61. The van der Waals surface area contributed by atoms with Crippen LogP contribution in [0.25, 0.3) is 0 Å². The van der Waals surface area contributed by atoms with Crippen LogP contribution in [0, 0.1) is 0 Å². The highest BCUT2D eigenvalue weighted by Crippen LogP contribution is 2.03. The lowest BCUT2D eigenvalue weighted by molar-refractivity contribution is 0.655. The van der Waals surface area contributed by atoms with E-state index in [-0.39, 0.29) is 0 Å². The molecule has 0 rings (SSSR count). The molecule has 0 atom stereocenters. The van der Waals surface area contributed by atoms with E-state index in [0.29, 0.717) is 0 Å². The van der Waals surface area contributed by atoms with Crippen molar-refractivity contribution in [3.63, 3.8) is 0 Å². The lowest BCUT2D eigenvalue weighted by atomic mass is 10.2. The van der Waals surface area contributed by atoms with Gasteiger partial charge in [0.15, 0.2) is 5.11 Å². The predicted molar refractivity (Wildman–Crippen MR) is 66.5 cm³/mol. The second-order valence-electron chi connectivity index (χ2n) is 2.91. The summed E-state index contributed by atoms with van der Waals surface area (Å²) in [5, 5.41) is 6.79. The van der Waals surface area contributed by atoms with Gasteiger partial charge in [-0.25, -0.2) is 0 Å². The SMILES string of the molecule is CNC(=S)NCCCCCCSC. The molecular formula is C9H20N2S2. The Morgan fingerprint density at radius 3 is 2.54 bits per heavy atom. The van der Waals surface area contributed by atoms with Crippen molar-refractivity contribution in [3.8, 4) is 0 Å². The number of hydrogen-bond donors (Lipinski definition) is 2. The van der Waals surface area contributed by atoms with E-state index < -0.39 is 0 Å². The van der Waals surface area contributed by atoms with Crippen molar-refractivity contribution in [1.29, 1.82) is 0 Å². The van der Waals surface area contributed by atoms with Gasteiger partial charge >= 0.3 is 0 Å². The van der Waals surface area contributed by atoms with E-state index >= 15 is 0 Å². The van der Waals surface area contributed by atoms with Crippen LogP contribution in [0.2, 0.25) is 0 Å². The van der Waals surface area contributed by atoms with Crippen LogP contribution >= 0.6 is 24.0 Å². The molecule has 0 aliphatic rings.